The molecule has 19 heavy (non-hydrogen) atoms. The Morgan fingerprint density at radius 1 is 1.42 bits per heavy atom. The van der Waals surface area contributed by atoms with Crippen LogP contribution >= 0.6 is 11.6 Å². The fourth-order valence-electron chi connectivity index (χ4n) is 2.02. The molecule has 1 N–H and O–H groups in total. The summed E-state index contributed by atoms with van der Waals surface area (Å²) in [7, 11) is 1.69. The first-order valence-electron chi connectivity index (χ1n) is 6.85. The third-order valence-corrected chi connectivity index (χ3v) is 3.44. The van der Waals surface area contributed by atoms with Crippen molar-refractivity contribution in [1.29, 1.82) is 0 Å². The van der Waals surface area contributed by atoms with Crippen LogP contribution in [0.5, 0.6) is 5.75 Å². The van der Waals surface area contributed by atoms with E-state index in [1.807, 2.05) is 18.2 Å². The number of hydrogen-bond donors (Lipinski definition) is 1. The third kappa shape index (κ3) is 4.88. The lowest BCUT2D eigenvalue weighted by molar-refractivity contribution is 0.397. The molecule has 0 heterocycles. The maximum absolute atomic E-state index is 6.12. The van der Waals surface area contributed by atoms with Gasteiger partial charge in [-0.2, -0.15) is 0 Å². The number of methoxy groups -OCH3 is 1. The summed E-state index contributed by atoms with van der Waals surface area (Å²) in [6, 6.07) is 5.97. The van der Waals surface area contributed by atoms with Crippen molar-refractivity contribution in [3.05, 3.63) is 40.9 Å². The van der Waals surface area contributed by atoms with Crippen molar-refractivity contribution in [3.63, 3.8) is 0 Å². The standard InChI is InChI=1S/C16H24ClNO/c1-5-9-18-15(10-12(3)6-2)14-11-13(17)7-8-16(14)19-4/h7-8,11,15,18H,3,5-6,9-10H2,1-2,4H3. The predicted octanol–water partition coefficient (Wildman–Crippen LogP) is 4.75. The Kier molecular flexibility index (Phi) is 6.96. The molecule has 1 atom stereocenters. The Hall–Kier alpha value is -0.990. The second-order valence-corrected chi connectivity index (χ2v) is 5.14. The molecule has 0 radical (unpaired) electrons. The SMILES string of the molecule is C=C(CC)CC(NCCC)c1cc(Cl)ccc1OC. The smallest absolute Gasteiger partial charge is 0.123 e. The molecule has 0 saturated heterocycles. The molecule has 0 amide bonds. The zero-order valence-corrected chi connectivity index (χ0v) is 12.9. The minimum atomic E-state index is 0.209. The van der Waals surface area contributed by atoms with Gasteiger partial charge in [-0.25, -0.2) is 0 Å². The van der Waals surface area contributed by atoms with E-state index in [2.05, 4.69) is 25.7 Å². The minimum absolute atomic E-state index is 0.209. The van der Waals surface area contributed by atoms with Crippen LogP contribution in [-0.4, -0.2) is 13.7 Å². The molecular weight excluding hydrogens is 258 g/mol. The van der Waals surface area contributed by atoms with E-state index in [1.54, 1.807) is 7.11 Å². The Balaban J connectivity index is 3.00. The molecule has 1 aromatic rings. The molecule has 3 heteroatoms. The first kappa shape index (κ1) is 16.1. The fraction of sp³-hybridized carbons (Fsp3) is 0.500. The van der Waals surface area contributed by atoms with Crippen molar-refractivity contribution >= 4 is 11.6 Å². The van der Waals surface area contributed by atoms with Gasteiger partial charge in [0.15, 0.2) is 0 Å². The van der Waals surface area contributed by atoms with Gasteiger partial charge >= 0.3 is 0 Å². The van der Waals surface area contributed by atoms with Gasteiger partial charge in [-0.3, -0.25) is 0 Å². The van der Waals surface area contributed by atoms with Crippen LogP contribution in [0.2, 0.25) is 5.02 Å². The second kappa shape index (κ2) is 8.23. The van der Waals surface area contributed by atoms with Crippen LogP contribution in [0.1, 0.15) is 44.7 Å². The summed E-state index contributed by atoms with van der Waals surface area (Å²) in [6.07, 6.45) is 3.00. The van der Waals surface area contributed by atoms with Crippen molar-refractivity contribution in [1.82, 2.24) is 5.32 Å². The topological polar surface area (TPSA) is 21.3 Å². The van der Waals surface area contributed by atoms with Crippen molar-refractivity contribution in [2.24, 2.45) is 0 Å². The van der Waals surface area contributed by atoms with E-state index in [9.17, 15) is 0 Å². The highest BCUT2D eigenvalue weighted by Gasteiger charge is 2.16. The van der Waals surface area contributed by atoms with E-state index in [0.29, 0.717) is 0 Å². The van der Waals surface area contributed by atoms with Crippen molar-refractivity contribution < 1.29 is 4.74 Å². The molecule has 0 saturated carbocycles. The Morgan fingerprint density at radius 2 is 2.16 bits per heavy atom. The molecular formula is C16H24ClNO. The summed E-state index contributed by atoms with van der Waals surface area (Å²) in [5.74, 6) is 0.877. The quantitative estimate of drug-likeness (QED) is 0.695. The summed E-state index contributed by atoms with van der Waals surface area (Å²) in [5.41, 5.74) is 2.34. The van der Waals surface area contributed by atoms with Crippen LogP contribution < -0.4 is 10.1 Å². The number of hydrogen-bond acceptors (Lipinski definition) is 2. The predicted molar refractivity (Wildman–Crippen MR) is 83.1 cm³/mol. The highest BCUT2D eigenvalue weighted by atomic mass is 35.5. The first-order valence-corrected chi connectivity index (χ1v) is 7.23. The van der Waals surface area contributed by atoms with E-state index < -0.39 is 0 Å². The molecule has 106 valence electrons. The van der Waals surface area contributed by atoms with Crippen LogP contribution in [0.25, 0.3) is 0 Å². The van der Waals surface area contributed by atoms with Crippen molar-refractivity contribution in [3.8, 4) is 5.75 Å². The van der Waals surface area contributed by atoms with E-state index in [1.165, 1.54) is 5.57 Å². The lowest BCUT2D eigenvalue weighted by Crippen LogP contribution is -2.23. The second-order valence-electron chi connectivity index (χ2n) is 4.70. The molecule has 0 aromatic heterocycles. The van der Waals surface area contributed by atoms with E-state index in [-0.39, 0.29) is 6.04 Å². The largest absolute Gasteiger partial charge is 0.496 e. The molecule has 0 bridgehead atoms. The molecule has 0 aliphatic carbocycles. The monoisotopic (exact) mass is 281 g/mol. The minimum Gasteiger partial charge on any atom is -0.496 e. The Bertz CT molecular complexity index is 417. The molecule has 2 nitrogen and oxygen atoms in total. The number of rotatable bonds is 8. The van der Waals surface area contributed by atoms with Crippen molar-refractivity contribution in [2.45, 2.75) is 39.2 Å². The van der Waals surface area contributed by atoms with Crippen LogP contribution in [0.3, 0.4) is 0 Å². The maximum atomic E-state index is 6.12. The van der Waals surface area contributed by atoms with Gasteiger partial charge in [-0.15, -0.1) is 0 Å². The lowest BCUT2D eigenvalue weighted by Gasteiger charge is -2.22. The van der Waals surface area contributed by atoms with E-state index >= 15 is 0 Å². The van der Waals surface area contributed by atoms with Gasteiger partial charge in [-0.1, -0.05) is 37.6 Å². The lowest BCUT2D eigenvalue weighted by atomic mass is 9.97. The van der Waals surface area contributed by atoms with Gasteiger partial charge in [0, 0.05) is 16.6 Å². The summed E-state index contributed by atoms with van der Waals surface area (Å²) < 4.78 is 5.45. The summed E-state index contributed by atoms with van der Waals surface area (Å²) >= 11 is 6.12. The molecule has 1 aromatic carbocycles. The average molecular weight is 282 g/mol. The third-order valence-electron chi connectivity index (χ3n) is 3.20. The van der Waals surface area contributed by atoms with Gasteiger partial charge < -0.3 is 10.1 Å². The zero-order valence-electron chi connectivity index (χ0n) is 12.1. The molecule has 0 aliphatic rings. The zero-order chi connectivity index (χ0) is 14.3. The summed E-state index contributed by atoms with van der Waals surface area (Å²) in [4.78, 5) is 0. The Morgan fingerprint density at radius 3 is 2.74 bits per heavy atom. The molecule has 0 spiro atoms. The fourth-order valence-corrected chi connectivity index (χ4v) is 2.20. The summed E-state index contributed by atoms with van der Waals surface area (Å²) in [5, 5.41) is 4.29. The maximum Gasteiger partial charge on any atom is 0.123 e. The van der Waals surface area contributed by atoms with E-state index in [0.717, 1.165) is 42.1 Å². The first-order chi connectivity index (χ1) is 9.12. The molecule has 0 aliphatic heterocycles. The van der Waals surface area contributed by atoms with Gasteiger partial charge in [0.1, 0.15) is 5.75 Å². The molecule has 1 rings (SSSR count). The van der Waals surface area contributed by atoms with Gasteiger partial charge in [0.05, 0.1) is 7.11 Å². The number of halogens is 1. The van der Waals surface area contributed by atoms with Crippen LogP contribution in [0, 0.1) is 0 Å². The summed E-state index contributed by atoms with van der Waals surface area (Å²) in [6.45, 7) is 9.37. The van der Waals surface area contributed by atoms with Crippen molar-refractivity contribution in [2.75, 3.05) is 13.7 Å². The highest BCUT2D eigenvalue weighted by Crippen LogP contribution is 2.32. The number of ether oxygens (including phenoxy) is 1. The van der Waals surface area contributed by atoms with Gasteiger partial charge in [-0.05, 0) is 44.0 Å². The van der Waals surface area contributed by atoms with Gasteiger partial charge in [0.25, 0.3) is 0 Å². The molecule has 1 unspecified atom stereocenters. The highest BCUT2D eigenvalue weighted by molar-refractivity contribution is 6.30. The van der Waals surface area contributed by atoms with Crippen LogP contribution in [0.4, 0.5) is 0 Å². The Labute approximate surface area is 121 Å². The number of nitrogens with one attached hydrogen (secondary N) is 1. The average Bonchev–Trinajstić information content (AvgIpc) is 2.43. The normalized spacial score (nSPS) is 12.2. The van der Waals surface area contributed by atoms with Gasteiger partial charge in [0.2, 0.25) is 0 Å². The van der Waals surface area contributed by atoms with Crippen LogP contribution in [0.15, 0.2) is 30.4 Å². The van der Waals surface area contributed by atoms with E-state index in [4.69, 9.17) is 16.3 Å². The van der Waals surface area contributed by atoms with Crippen LogP contribution in [-0.2, 0) is 0 Å². The molecule has 0 fully saturated rings. The number of benzene rings is 1.